The number of aliphatic hydroxyl groups excluding tert-OH is 2. The quantitative estimate of drug-likeness (QED) is 0.141. The Balaban J connectivity index is 1.17. The van der Waals surface area contributed by atoms with E-state index in [1.165, 1.54) is 0 Å². The van der Waals surface area contributed by atoms with Crippen LogP contribution >= 0.6 is 0 Å². The lowest BCUT2D eigenvalue weighted by atomic mass is 9.82. The highest BCUT2D eigenvalue weighted by Gasteiger charge is 2.38. The van der Waals surface area contributed by atoms with Crippen molar-refractivity contribution in [1.29, 1.82) is 0 Å². The van der Waals surface area contributed by atoms with E-state index >= 15 is 0 Å². The predicted octanol–water partition coefficient (Wildman–Crippen LogP) is 5.13. The first-order chi connectivity index (χ1) is 22.2. The van der Waals surface area contributed by atoms with Crippen LogP contribution in [-0.4, -0.2) is 82.4 Å². The second kappa shape index (κ2) is 17.2. The zero-order valence-corrected chi connectivity index (χ0v) is 25.5. The third kappa shape index (κ3) is 8.77. The first-order valence-electron chi connectivity index (χ1n) is 15.4. The predicted molar refractivity (Wildman–Crippen MR) is 173 cm³/mol. The molecule has 8 heteroatoms. The monoisotopic (exact) mass is 614 g/mol. The molecule has 8 nitrogen and oxygen atoms in total. The fourth-order valence-electron chi connectivity index (χ4n) is 5.35. The van der Waals surface area contributed by atoms with Crippen molar-refractivity contribution in [2.24, 2.45) is 0 Å². The molecule has 1 unspecified atom stereocenters. The molecule has 1 aliphatic rings. The summed E-state index contributed by atoms with van der Waals surface area (Å²) in [6, 6.07) is 30.9. The van der Waals surface area contributed by atoms with Crippen LogP contribution in [0.1, 0.15) is 22.3 Å². The van der Waals surface area contributed by atoms with Gasteiger partial charge in [-0.3, -0.25) is 0 Å². The Labute approximate surface area is 264 Å². The minimum absolute atomic E-state index is 0.00782. The Morgan fingerprint density at radius 2 is 1.20 bits per heavy atom. The van der Waals surface area contributed by atoms with Crippen LogP contribution in [0.4, 0.5) is 0 Å². The highest BCUT2D eigenvalue weighted by molar-refractivity contribution is 5.95. The van der Waals surface area contributed by atoms with Crippen LogP contribution < -0.4 is 4.74 Å². The second-order valence-electron chi connectivity index (χ2n) is 10.7. The van der Waals surface area contributed by atoms with Crippen molar-refractivity contribution in [3.8, 4) is 5.75 Å². The lowest BCUT2D eigenvalue weighted by Gasteiger charge is -2.37. The maximum absolute atomic E-state index is 10.5. The maximum atomic E-state index is 10.5. The highest BCUT2D eigenvalue weighted by Crippen LogP contribution is 2.46. The summed E-state index contributed by atoms with van der Waals surface area (Å²) in [5, 5.41) is 21.4. The van der Waals surface area contributed by atoms with Gasteiger partial charge in [0.1, 0.15) is 11.9 Å². The van der Waals surface area contributed by atoms with Crippen LogP contribution in [0.3, 0.4) is 0 Å². The molecule has 0 aromatic heterocycles. The largest absolute Gasteiger partial charge is 0.473 e. The molecule has 238 valence electrons. The molecule has 45 heavy (non-hydrogen) atoms. The molecule has 1 aliphatic heterocycles. The normalized spacial score (nSPS) is 14.3. The Bertz CT molecular complexity index is 1430. The molecule has 4 aromatic rings. The maximum Gasteiger partial charge on any atom is 0.178 e. The summed E-state index contributed by atoms with van der Waals surface area (Å²) in [6.07, 6.45) is 3.53. The molecule has 0 saturated heterocycles. The van der Waals surface area contributed by atoms with Crippen LogP contribution in [0, 0.1) is 0 Å². The summed E-state index contributed by atoms with van der Waals surface area (Å²) >= 11 is 0. The third-order valence-electron chi connectivity index (χ3n) is 7.50. The van der Waals surface area contributed by atoms with E-state index in [0.717, 1.165) is 38.8 Å². The van der Waals surface area contributed by atoms with Crippen molar-refractivity contribution in [1.82, 2.24) is 0 Å². The van der Waals surface area contributed by atoms with Crippen LogP contribution in [-0.2, 0) is 35.9 Å². The molecule has 0 amide bonds. The van der Waals surface area contributed by atoms with Gasteiger partial charge in [-0.05, 0) is 29.0 Å². The zero-order chi connectivity index (χ0) is 31.2. The van der Waals surface area contributed by atoms with Crippen LogP contribution in [0.25, 0.3) is 16.8 Å². The first-order valence-corrected chi connectivity index (χ1v) is 15.4. The fourth-order valence-corrected chi connectivity index (χ4v) is 5.35. The van der Waals surface area contributed by atoms with Crippen molar-refractivity contribution in [3.05, 3.63) is 119 Å². The van der Waals surface area contributed by atoms with Crippen molar-refractivity contribution in [2.45, 2.75) is 18.3 Å². The Hall–Kier alpha value is -3.60. The highest BCUT2D eigenvalue weighted by atomic mass is 16.6. The van der Waals surface area contributed by atoms with Crippen molar-refractivity contribution < 1.29 is 38.6 Å². The van der Waals surface area contributed by atoms with Gasteiger partial charge >= 0.3 is 0 Å². The van der Waals surface area contributed by atoms with Gasteiger partial charge in [-0.1, -0.05) is 84.9 Å². The SMILES string of the molecule is OCCOCCOCCOCCOCC(O)COCc1cc2ccccc2c2c1OC(c1ccccc1)(c1ccccc1)C=C2. The van der Waals surface area contributed by atoms with Crippen LogP contribution in [0.5, 0.6) is 5.75 Å². The summed E-state index contributed by atoms with van der Waals surface area (Å²) in [7, 11) is 0. The first kappa shape index (κ1) is 32.8. The number of aliphatic hydroxyl groups is 2. The van der Waals surface area contributed by atoms with E-state index in [1.54, 1.807) is 0 Å². The Morgan fingerprint density at radius 3 is 1.84 bits per heavy atom. The van der Waals surface area contributed by atoms with E-state index < -0.39 is 11.7 Å². The topological polar surface area (TPSA) is 95.8 Å². The number of benzene rings is 4. The van der Waals surface area contributed by atoms with Crippen molar-refractivity contribution in [3.63, 3.8) is 0 Å². The van der Waals surface area contributed by atoms with E-state index in [-0.39, 0.29) is 26.4 Å². The number of fused-ring (bicyclic) bond motifs is 3. The molecule has 0 bridgehead atoms. The minimum Gasteiger partial charge on any atom is -0.473 e. The molecule has 0 aliphatic carbocycles. The van der Waals surface area contributed by atoms with Crippen LogP contribution in [0.2, 0.25) is 0 Å². The number of hydrogen-bond donors (Lipinski definition) is 2. The molecule has 0 fully saturated rings. The average Bonchev–Trinajstić information content (AvgIpc) is 3.09. The summed E-state index contributed by atoms with van der Waals surface area (Å²) < 4.78 is 34.6. The van der Waals surface area contributed by atoms with Crippen molar-refractivity contribution in [2.75, 3.05) is 66.1 Å². The Morgan fingerprint density at radius 1 is 0.644 bits per heavy atom. The van der Waals surface area contributed by atoms with E-state index in [2.05, 4.69) is 54.6 Å². The van der Waals surface area contributed by atoms with Gasteiger partial charge in [0.25, 0.3) is 0 Å². The minimum atomic E-state index is -0.803. The summed E-state index contributed by atoms with van der Waals surface area (Å²) in [5.74, 6) is 0.772. The molecule has 0 spiro atoms. The number of rotatable bonds is 19. The zero-order valence-electron chi connectivity index (χ0n) is 25.5. The fraction of sp³-hybridized carbons (Fsp3) is 0.351. The van der Waals surface area contributed by atoms with Gasteiger partial charge in [-0.25, -0.2) is 0 Å². The van der Waals surface area contributed by atoms with Gasteiger partial charge in [-0.15, -0.1) is 0 Å². The van der Waals surface area contributed by atoms with E-state index in [9.17, 15) is 5.11 Å². The molecular weight excluding hydrogens is 572 g/mol. The number of hydrogen-bond acceptors (Lipinski definition) is 8. The standard InChI is InChI=1S/C37H42O8/c38-17-18-40-19-20-41-21-22-42-23-24-43-27-33(39)28-44-26-30-25-29-9-7-8-14-34(29)35-15-16-37(45-36(30)35,31-10-3-1-4-11-31)32-12-5-2-6-13-32/h1-16,25,33,38-39H,17-24,26-28H2. The molecule has 2 N–H and O–H groups in total. The smallest absolute Gasteiger partial charge is 0.178 e. The lowest BCUT2D eigenvalue weighted by molar-refractivity contribution is -0.0417. The van der Waals surface area contributed by atoms with E-state index in [1.807, 2.05) is 48.5 Å². The molecule has 0 saturated carbocycles. The average molecular weight is 615 g/mol. The molecule has 0 radical (unpaired) electrons. The van der Waals surface area contributed by atoms with Gasteiger partial charge in [0, 0.05) is 22.3 Å². The van der Waals surface area contributed by atoms with Crippen LogP contribution in [0.15, 0.2) is 97.1 Å². The van der Waals surface area contributed by atoms with E-state index in [0.29, 0.717) is 46.2 Å². The summed E-state index contributed by atoms with van der Waals surface area (Å²) in [4.78, 5) is 0. The number of ether oxygens (including phenoxy) is 6. The summed E-state index contributed by atoms with van der Waals surface area (Å²) in [6.45, 7) is 3.40. The van der Waals surface area contributed by atoms with Gasteiger partial charge in [0.15, 0.2) is 5.60 Å². The van der Waals surface area contributed by atoms with Gasteiger partial charge in [-0.2, -0.15) is 0 Å². The van der Waals surface area contributed by atoms with Gasteiger partial charge in [0.2, 0.25) is 0 Å². The molecular formula is C37H42O8. The van der Waals surface area contributed by atoms with Crippen molar-refractivity contribution >= 4 is 16.8 Å². The molecule has 5 rings (SSSR count). The van der Waals surface area contributed by atoms with E-state index in [4.69, 9.17) is 33.5 Å². The second-order valence-corrected chi connectivity index (χ2v) is 10.7. The Kier molecular flexibility index (Phi) is 12.5. The third-order valence-corrected chi connectivity index (χ3v) is 7.50. The summed E-state index contributed by atoms with van der Waals surface area (Å²) in [5.41, 5.74) is 3.19. The van der Waals surface area contributed by atoms with Gasteiger partial charge in [0.05, 0.1) is 72.7 Å². The van der Waals surface area contributed by atoms with Gasteiger partial charge < -0.3 is 38.6 Å². The molecule has 1 heterocycles. The molecule has 4 aromatic carbocycles. The lowest BCUT2D eigenvalue weighted by Crippen LogP contribution is -2.34. The molecule has 1 atom stereocenters.